The van der Waals surface area contributed by atoms with Gasteiger partial charge in [0, 0.05) is 30.2 Å². The summed E-state index contributed by atoms with van der Waals surface area (Å²) in [6, 6.07) is 11.0. The third-order valence-corrected chi connectivity index (χ3v) is 3.84. The molecule has 2 N–H and O–H groups in total. The van der Waals surface area contributed by atoms with Crippen LogP contribution in [-0.4, -0.2) is 11.1 Å². The minimum atomic E-state index is 0.446. The van der Waals surface area contributed by atoms with Gasteiger partial charge in [0.2, 0.25) is 0 Å². The Morgan fingerprint density at radius 1 is 1.35 bits per heavy atom. The molecule has 1 unspecified atom stereocenters. The Bertz CT molecular complexity index is 523. The van der Waals surface area contributed by atoms with Crippen LogP contribution in [0.2, 0.25) is 0 Å². The molecule has 1 fully saturated rings. The Labute approximate surface area is 102 Å². The van der Waals surface area contributed by atoms with Crippen LogP contribution >= 0.6 is 0 Å². The molecule has 1 aliphatic carbocycles. The monoisotopic (exact) mass is 228 g/mol. The van der Waals surface area contributed by atoms with Crippen molar-refractivity contribution in [1.82, 2.24) is 4.57 Å². The van der Waals surface area contributed by atoms with Gasteiger partial charge in [0.05, 0.1) is 0 Å². The van der Waals surface area contributed by atoms with E-state index in [1.165, 1.54) is 36.0 Å². The van der Waals surface area contributed by atoms with Gasteiger partial charge in [0.25, 0.3) is 0 Å². The van der Waals surface area contributed by atoms with E-state index in [-0.39, 0.29) is 0 Å². The average molecular weight is 228 g/mol. The number of fused-ring (bicyclic) bond motifs is 1. The molecule has 1 atom stereocenters. The second kappa shape index (κ2) is 4.19. The summed E-state index contributed by atoms with van der Waals surface area (Å²) in [6.07, 6.45) is 2.78. The van der Waals surface area contributed by atoms with Gasteiger partial charge in [0.15, 0.2) is 0 Å². The van der Waals surface area contributed by atoms with Crippen LogP contribution in [0.15, 0.2) is 30.3 Å². The lowest BCUT2D eigenvalue weighted by molar-refractivity contribution is 0.591. The minimum absolute atomic E-state index is 0.446. The highest BCUT2D eigenvalue weighted by atomic mass is 15.0. The fourth-order valence-corrected chi connectivity index (χ4v) is 2.52. The van der Waals surface area contributed by atoms with Gasteiger partial charge in [-0.25, -0.2) is 0 Å². The number of aromatic nitrogens is 1. The molecule has 2 nitrogen and oxygen atoms in total. The first kappa shape index (κ1) is 10.8. The molecule has 0 amide bonds. The molecule has 17 heavy (non-hydrogen) atoms. The molecule has 0 radical (unpaired) electrons. The number of hydrogen-bond acceptors (Lipinski definition) is 1. The topological polar surface area (TPSA) is 30.9 Å². The van der Waals surface area contributed by atoms with Gasteiger partial charge in [-0.15, -0.1) is 0 Å². The fraction of sp³-hybridized carbons (Fsp3) is 0.467. The van der Waals surface area contributed by atoms with Crippen molar-refractivity contribution in [2.75, 3.05) is 6.54 Å². The standard InChI is InChI=1S/C15H20N2/c1-11(9-16)15-8-13-4-2-3-5-14(13)17(15)10-12-6-7-12/h2-5,8,11-12H,6-7,9-10,16H2,1H3. The number of rotatable bonds is 4. The Morgan fingerprint density at radius 2 is 2.12 bits per heavy atom. The number of para-hydroxylation sites is 1. The van der Waals surface area contributed by atoms with Crippen LogP contribution in [-0.2, 0) is 6.54 Å². The minimum Gasteiger partial charge on any atom is -0.344 e. The van der Waals surface area contributed by atoms with E-state index in [2.05, 4.69) is 41.8 Å². The van der Waals surface area contributed by atoms with Crippen LogP contribution in [0.25, 0.3) is 10.9 Å². The van der Waals surface area contributed by atoms with Crippen molar-refractivity contribution in [3.05, 3.63) is 36.0 Å². The summed E-state index contributed by atoms with van der Waals surface area (Å²) in [5.41, 5.74) is 8.60. The first-order valence-corrected chi connectivity index (χ1v) is 6.58. The summed E-state index contributed by atoms with van der Waals surface area (Å²) in [6.45, 7) is 4.12. The predicted molar refractivity (Wildman–Crippen MR) is 72.1 cm³/mol. The number of benzene rings is 1. The lowest BCUT2D eigenvalue weighted by Gasteiger charge is -2.14. The maximum atomic E-state index is 5.83. The maximum absolute atomic E-state index is 5.83. The van der Waals surface area contributed by atoms with Crippen LogP contribution < -0.4 is 5.73 Å². The molecule has 1 aromatic carbocycles. The second-order valence-corrected chi connectivity index (χ2v) is 5.32. The van der Waals surface area contributed by atoms with Crippen molar-refractivity contribution in [1.29, 1.82) is 0 Å². The molecule has 0 saturated heterocycles. The SMILES string of the molecule is CC(CN)c1cc2ccccc2n1CC1CC1. The van der Waals surface area contributed by atoms with Crippen molar-refractivity contribution >= 4 is 10.9 Å². The maximum Gasteiger partial charge on any atom is 0.0482 e. The molecule has 1 heterocycles. The lowest BCUT2D eigenvalue weighted by Crippen LogP contribution is -2.14. The van der Waals surface area contributed by atoms with E-state index in [9.17, 15) is 0 Å². The van der Waals surface area contributed by atoms with E-state index in [4.69, 9.17) is 5.73 Å². The highest BCUT2D eigenvalue weighted by molar-refractivity contribution is 5.81. The van der Waals surface area contributed by atoms with E-state index in [1.807, 2.05) is 0 Å². The first-order chi connectivity index (χ1) is 8.29. The van der Waals surface area contributed by atoms with E-state index in [0.717, 1.165) is 12.5 Å². The van der Waals surface area contributed by atoms with Gasteiger partial charge >= 0.3 is 0 Å². The Kier molecular flexibility index (Phi) is 2.67. The molecule has 0 aliphatic heterocycles. The number of nitrogens with zero attached hydrogens (tertiary/aromatic N) is 1. The summed E-state index contributed by atoms with van der Waals surface area (Å²) >= 11 is 0. The molecule has 1 aliphatic rings. The molecule has 0 spiro atoms. The lowest BCUT2D eigenvalue weighted by atomic mass is 10.1. The Hall–Kier alpha value is -1.28. The highest BCUT2D eigenvalue weighted by Crippen LogP contribution is 2.34. The molecular weight excluding hydrogens is 208 g/mol. The summed E-state index contributed by atoms with van der Waals surface area (Å²) < 4.78 is 2.49. The third-order valence-electron chi connectivity index (χ3n) is 3.84. The van der Waals surface area contributed by atoms with Crippen molar-refractivity contribution in [2.24, 2.45) is 11.7 Å². The number of hydrogen-bond donors (Lipinski definition) is 1. The van der Waals surface area contributed by atoms with E-state index >= 15 is 0 Å². The van der Waals surface area contributed by atoms with Gasteiger partial charge in [-0.1, -0.05) is 25.1 Å². The average Bonchev–Trinajstić information content (AvgIpc) is 3.10. The molecule has 90 valence electrons. The zero-order chi connectivity index (χ0) is 11.8. The summed E-state index contributed by atoms with van der Waals surface area (Å²) in [7, 11) is 0. The molecule has 3 rings (SSSR count). The Balaban J connectivity index is 2.10. The summed E-state index contributed by atoms with van der Waals surface area (Å²) in [5, 5.41) is 1.35. The van der Waals surface area contributed by atoms with Gasteiger partial charge < -0.3 is 10.3 Å². The van der Waals surface area contributed by atoms with E-state index < -0.39 is 0 Å². The molecule has 0 bridgehead atoms. The van der Waals surface area contributed by atoms with E-state index in [1.54, 1.807) is 0 Å². The van der Waals surface area contributed by atoms with Crippen molar-refractivity contribution in [2.45, 2.75) is 32.2 Å². The zero-order valence-corrected chi connectivity index (χ0v) is 10.4. The van der Waals surface area contributed by atoms with Gasteiger partial charge in [0.1, 0.15) is 0 Å². The van der Waals surface area contributed by atoms with Crippen molar-refractivity contribution in [3.63, 3.8) is 0 Å². The third kappa shape index (κ3) is 1.98. The molecular formula is C15H20N2. The Morgan fingerprint density at radius 3 is 2.82 bits per heavy atom. The van der Waals surface area contributed by atoms with Crippen LogP contribution in [0.4, 0.5) is 0 Å². The summed E-state index contributed by atoms with van der Waals surface area (Å²) in [5.74, 6) is 1.34. The molecule has 1 saturated carbocycles. The van der Waals surface area contributed by atoms with Gasteiger partial charge in [-0.05, 0) is 36.3 Å². The molecule has 2 heteroatoms. The first-order valence-electron chi connectivity index (χ1n) is 6.58. The zero-order valence-electron chi connectivity index (χ0n) is 10.4. The predicted octanol–water partition coefficient (Wildman–Crippen LogP) is 3.11. The second-order valence-electron chi connectivity index (χ2n) is 5.32. The van der Waals surface area contributed by atoms with Crippen LogP contribution in [0, 0.1) is 5.92 Å². The smallest absolute Gasteiger partial charge is 0.0482 e. The number of nitrogens with two attached hydrogens (primary N) is 1. The van der Waals surface area contributed by atoms with Crippen LogP contribution in [0.5, 0.6) is 0 Å². The highest BCUT2D eigenvalue weighted by Gasteiger charge is 2.24. The van der Waals surface area contributed by atoms with Crippen molar-refractivity contribution in [3.8, 4) is 0 Å². The largest absolute Gasteiger partial charge is 0.344 e. The normalized spacial score (nSPS) is 17.5. The van der Waals surface area contributed by atoms with Crippen molar-refractivity contribution < 1.29 is 0 Å². The quantitative estimate of drug-likeness (QED) is 0.856. The fourth-order valence-electron chi connectivity index (χ4n) is 2.52. The molecule has 1 aromatic heterocycles. The van der Waals surface area contributed by atoms with Crippen LogP contribution in [0.1, 0.15) is 31.4 Å². The van der Waals surface area contributed by atoms with E-state index in [0.29, 0.717) is 5.92 Å². The molecule has 2 aromatic rings. The summed E-state index contributed by atoms with van der Waals surface area (Å²) in [4.78, 5) is 0. The van der Waals surface area contributed by atoms with Crippen LogP contribution in [0.3, 0.4) is 0 Å². The van der Waals surface area contributed by atoms with Gasteiger partial charge in [-0.2, -0.15) is 0 Å². The van der Waals surface area contributed by atoms with Gasteiger partial charge in [-0.3, -0.25) is 0 Å².